The van der Waals surface area contributed by atoms with E-state index in [4.69, 9.17) is 0 Å². The van der Waals surface area contributed by atoms with Crippen LogP contribution in [-0.4, -0.2) is 37.6 Å². The van der Waals surface area contributed by atoms with Gasteiger partial charge in [-0.2, -0.15) is 4.31 Å². The molecule has 0 atom stereocenters. The second kappa shape index (κ2) is 9.20. The number of nitrogens with zero attached hydrogens (tertiary/aromatic N) is 1. The van der Waals surface area contributed by atoms with Gasteiger partial charge in [0, 0.05) is 35.9 Å². The summed E-state index contributed by atoms with van der Waals surface area (Å²) < 4.78 is 27.3. The second-order valence-corrected chi connectivity index (χ2v) is 10.1. The van der Waals surface area contributed by atoms with Crippen molar-refractivity contribution in [3.8, 4) is 0 Å². The number of hydrogen-bond acceptors (Lipinski definition) is 4. The maximum atomic E-state index is 12.9. The summed E-state index contributed by atoms with van der Waals surface area (Å²) in [5.74, 6) is -0.239. The molecule has 4 rings (SSSR count). The van der Waals surface area contributed by atoms with Gasteiger partial charge in [0.15, 0.2) is 0 Å². The third-order valence-corrected chi connectivity index (χ3v) is 7.57. The highest BCUT2D eigenvalue weighted by Crippen LogP contribution is 2.30. The van der Waals surface area contributed by atoms with Gasteiger partial charge in [-0.15, -0.1) is 0 Å². The molecule has 1 aliphatic carbocycles. The van der Waals surface area contributed by atoms with Gasteiger partial charge in [0.1, 0.15) is 0 Å². The van der Waals surface area contributed by atoms with Gasteiger partial charge in [-0.1, -0.05) is 18.9 Å². The molecule has 2 aromatic carbocycles. The number of sulfonamides is 1. The Bertz CT molecular complexity index is 1050. The number of carbonyl (C=O) groups excluding carboxylic acids is 2. The molecule has 0 aromatic heterocycles. The first kappa shape index (κ1) is 21.5. The van der Waals surface area contributed by atoms with Gasteiger partial charge in [-0.3, -0.25) is 9.59 Å². The van der Waals surface area contributed by atoms with Crippen LogP contribution in [0.1, 0.15) is 48.9 Å². The standard InChI is InChI=1S/C23H27N3O4S/c27-22(17-8-9-17)24-19-6-5-7-20(16-19)25-23(28)18-10-12-21(13-11-18)31(29,30)26-14-3-1-2-4-15-26/h5-7,10-13,16-17H,1-4,8-9,14-15H2,(H,24,27)(H,25,28). The Morgan fingerprint density at radius 2 is 1.45 bits per heavy atom. The maximum absolute atomic E-state index is 12.9. The Morgan fingerprint density at radius 1 is 0.839 bits per heavy atom. The van der Waals surface area contributed by atoms with Gasteiger partial charge in [0.05, 0.1) is 4.90 Å². The average Bonchev–Trinajstić information content (AvgIpc) is 3.61. The Balaban J connectivity index is 1.42. The highest BCUT2D eigenvalue weighted by atomic mass is 32.2. The zero-order valence-electron chi connectivity index (χ0n) is 17.3. The van der Waals surface area contributed by atoms with Crippen LogP contribution in [0.5, 0.6) is 0 Å². The number of anilines is 2. The first-order chi connectivity index (χ1) is 14.9. The quantitative estimate of drug-likeness (QED) is 0.712. The largest absolute Gasteiger partial charge is 0.326 e. The van der Waals surface area contributed by atoms with Gasteiger partial charge in [0.2, 0.25) is 15.9 Å². The molecule has 0 unspecified atom stereocenters. The molecule has 2 amide bonds. The Morgan fingerprint density at radius 3 is 2.06 bits per heavy atom. The topological polar surface area (TPSA) is 95.6 Å². The predicted molar refractivity (Wildman–Crippen MR) is 119 cm³/mol. The SMILES string of the molecule is O=C(Nc1cccc(NC(=O)C2CC2)c1)c1ccc(S(=O)(=O)N2CCCCCC2)cc1. The van der Waals surface area contributed by atoms with E-state index in [9.17, 15) is 18.0 Å². The van der Waals surface area contributed by atoms with Crippen molar-refractivity contribution >= 4 is 33.2 Å². The summed E-state index contributed by atoms with van der Waals surface area (Å²) >= 11 is 0. The molecule has 2 aliphatic rings. The van der Waals surface area contributed by atoms with E-state index in [1.165, 1.54) is 28.6 Å². The molecule has 1 saturated heterocycles. The van der Waals surface area contributed by atoms with E-state index in [2.05, 4.69) is 10.6 Å². The number of rotatable bonds is 6. The normalized spacial score (nSPS) is 17.5. The molecular formula is C23H27N3O4S. The first-order valence-corrected chi connectivity index (χ1v) is 12.2. The molecule has 8 heteroatoms. The van der Waals surface area contributed by atoms with Crippen molar-refractivity contribution in [2.75, 3.05) is 23.7 Å². The number of amides is 2. The number of hydrogen-bond donors (Lipinski definition) is 2. The fourth-order valence-electron chi connectivity index (χ4n) is 3.68. The fraction of sp³-hybridized carbons (Fsp3) is 0.391. The monoisotopic (exact) mass is 441 g/mol. The van der Waals surface area contributed by atoms with Gasteiger partial charge >= 0.3 is 0 Å². The Labute approximate surface area is 182 Å². The van der Waals surface area contributed by atoms with Crippen molar-refractivity contribution < 1.29 is 18.0 Å². The molecule has 0 bridgehead atoms. The highest BCUT2D eigenvalue weighted by Gasteiger charge is 2.29. The van der Waals surface area contributed by atoms with Crippen LogP contribution in [0.25, 0.3) is 0 Å². The van der Waals surface area contributed by atoms with Crippen LogP contribution >= 0.6 is 0 Å². The zero-order chi connectivity index (χ0) is 21.8. The van der Waals surface area contributed by atoms with Crippen molar-refractivity contribution in [1.29, 1.82) is 0 Å². The van der Waals surface area contributed by atoms with Gasteiger partial charge in [-0.25, -0.2) is 8.42 Å². The smallest absolute Gasteiger partial charge is 0.255 e. The van der Waals surface area contributed by atoms with E-state index >= 15 is 0 Å². The molecule has 0 radical (unpaired) electrons. The molecule has 1 saturated carbocycles. The molecule has 1 aliphatic heterocycles. The predicted octanol–water partition coefficient (Wildman–Crippen LogP) is 3.85. The molecule has 2 N–H and O–H groups in total. The summed E-state index contributed by atoms with van der Waals surface area (Å²) in [5.41, 5.74) is 1.55. The van der Waals surface area contributed by atoms with Crippen molar-refractivity contribution in [2.24, 2.45) is 5.92 Å². The molecule has 31 heavy (non-hydrogen) atoms. The van der Waals surface area contributed by atoms with Crippen LogP contribution in [0.15, 0.2) is 53.4 Å². The molecule has 2 fully saturated rings. The lowest BCUT2D eigenvalue weighted by molar-refractivity contribution is -0.117. The summed E-state index contributed by atoms with van der Waals surface area (Å²) in [6.45, 7) is 1.08. The number of nitrogens with one attached hydrogen (secondary N) is 2. The Kier molecular flexibility index (Phi) is 6.38. The van der Waals surface area contributed by atoms with E-state index < -0.39 is 10.0 Å². The molecule has 2 aromatic rings. The summed E-state index contributed by atoms with van der Waals surface area (Å²) in [6.07, 6.45) is 5.70. The molecular weight excluding hydrogens is 414 g/mol. The molecule has 1 heterocycles. The Hall–Kier alpha value is -2.71. The lowest BCUT2D eigenvalue weighted by atomic mass is 10.2. The van der Waals surface area contributed by atoms with E-state index in [-0.39, 0.29) is 22.6 Å². The fourth-order valence-corrected chi connectivity index (χ4v) is 5.19. The van der Waals surface area contributed by atoms with Crippen LogP contribution in [0.4, 0.5) is 11.4 Å². The molecule has 164 valence electrons. The van der Waals surface area contributed by atoms with E-state index in [1.807, 2.05) is 0 Å². The summed E-state index contributed by atoms with van der Waals surface area (Å²) in [7, 11) is -3.54. The van der Waals surface area contributed by atoms with Crippen molar-refractivity contribution in [3.63, 3.8) is 0 Å². The van der Waals surface area contributed by atoms with E-state index in [0.717, 1.165) is 38.5 Å². The van der Waals surface area contributed by atoms with Crippen LogP contribution in [0.2, 0.25) is 0 Å². The van der Waals surface area contributed by atoms with Crippen LogP contribution in [0.3, 0.4) is 0 Å². The average molecular weight is 442 g/mol. The van der Waals surface area contributed by atoms with Crippen LogP contribution in [0, 0.1) is 5.92 Å². The summed E-state index contributed by atoms with van der Waals surface area (Å²) in [5, 5.41) is 5.65. The second-order valence-electron chi connectivity index (χ2n) is 8.14. The van der Waals surface area contributed by atoms with Gasteiger partial charge in [-0.05, 0) is 68.1 Å². The molecule has 0 spiro atoms. The lowest BCUT2D eigenvalue weighted by Crippen LogP contribution is -2.31. The minimum Gasteiger partial charge on any atom is -0.326 e. The van der Waals surface area contributed by atoms with E-state index in [0.29, 0.717) is 30.0 Å². The van der Waals surface area contributed by atoms with Crippen LogP contribution < -0.4 is 10.6 Å². The van der Waals surface area contributed by atoms with Gasteiger partial charge in [0.25, 0.3) is 5.91 Å². The highest BCUT2D eigenvalue weighted by molar-refractivity contribution is 7.89. The third kappa shape index (κ3) is 5.32. The number of carbonyl (C=O) groups is 2. The third-order valence-electron chi connectivity index (χ3n) is 5.66. The zero-order valence-corrected chi connectivity index (χ0v) is 18.2. The van der Waals surface area contributed by atoms with Crippen LogP contribution in [-0.2, 0) is 14.8 Å². The summed E-state index contributed by atoms with van der Waals surface area (Å²) in [4.78, 5) is 24.7. The van der Waals surface area contributed by atoms with Gasteiger partial charge < -0.3 is 10.6 Å². The van der Waals surface area contributed by atoms with E-state index in [1.54, 1.807) is 24.3 Å². The number of benzene rings is 2. The summed E-state index contributed by atoms with van der Waals surface area (Å²) in [6, 6.07) is 13.0. The molecule has 7 nitrogen and oxygen atoms in total. The van der Waals surface area contributed by atoms with Crippen molar-refractivity contribution in [3.05, 3.63) is 54.1 Å². The first-order valence-electron chi connectivity index (χ1n) is 10.8. The lowest BCUT2D eigenvalue weighted by Gasteiger charge is -2.20. The van der Waals surface area contributed by atoms with Crippen molar-refractivity contribution in [1.82, 2.24) is 4.31 Å². The minimum atomic E-state index is -3.54. The minimum absolute atomic E-state index is 0.00434. The maximum Gasteiger partial charge on any atom is 0.255 e. The van der Waals surface area contributed by atoms with Crippen molar-refractivity contribution in [2.45, 2.75) is 43.4 Å².